The van der Waals surface area contributed by atoms with Crippen LogP contribution in [0.3, 0.4) is 0 Å². The topological polar surface area (TPSA) is 27.1 Å². The van der Waals surface area contributed by atoms with Gasteiger partial charge in [-0.3, -0.25) is 0 Å². The number of hydrogen-bond donors (Lipinski definition) is 0. The molecule has 1 aromatic rings. The minimum atomic E-state index is -2.73. The summed E-state index contributed by atoms with van der Waals surface area (Å²) in [6.07, 6.45) is 1.13. The van der Waals surface area contributed by atoms with E-state index >= 15 is 0 Å². The first-order valence-corrected chi connectivity index (χ1v) is 2.83. The van der Waals surface area contributed by atoms with Crippen molar-refractivity contribution < 1.29 is 13.0 Å². The molecule has 0 aliphatic heterocycles. The van der Waals surface area contributed by atoms with Crippen LogP contribution in [0.4, 0.5) is 0 Å². The van der Waals surface area contributed by atoms with Crippen LogP contribution >= 0.6 is 15.9 Å². The van der Waals surface area contributed by atoms with Gasteiger partial charge in [0.25, 0.3) is 6.01 Å². The SMILES string of the molecule is [2H]C([2H])([2H])Oc1nc(Br)cn1C([2H])([2H])[2H]. The van der Waals surface area contributed by atoms with Gasteiger partial charge in [0.2, 0.25) is 0 Å². The smallest absolute Gasteiger partial charge is 0.296 e. The van der Waals surface area contributed by atoms with Crippen molar-refractivity contribution in [3.05, 3.63) is 10.8 Å². The molecular weight excluding hydrogens is 184 g/mol. The van der Waals surface area contributed by atoms with Crippen LogP contribution in [0.5, 0.6) is 6.01 Å². The lowest BCUT2D eigenvalue weighted by Gasteiger charge is -1.94. The van der Waals surface area contributed by atoms with E-state index in [1.165, 1.54) is 0 Å². The van der Waals surface area contributed by atoms with Crippen LogP contribution in [0, 0.1) is 0 Å². The summed E-state index contributed by atoms with van der Waals surface area (Å²) in [7, 11) is -2.73. The van der Waals surface area contributed by atoms with Gasteiger partial charge in [-0.05, 0) is 15.9 Å². The summed E-state index contributed by atoms with van der Waals surface area (Å²) >= 11 is 2.94. The molecule has 0 radical (unpaired) electrons. The van der Waals surface area contributed by atoms with E-state index in [-0.39, 0.29) is 4.60 Å². The van der Waals surface area contributed by atoms with Crippen molar-refractivity contribution >= 4 is 15.9 Å². The lowest BCUT2D eigenvalue weighted by atomic mass is 10.9. The number of ether oxygens (including phenoxy) is 1. The maximum Gasteiger partial charge on any atom is 0.296 e. The lowest BCUT2D eigenvalue weighted by molar-refractivity contribution is 0.366. The minimum absolute atomic E-state index is 0.192. The fourth-order valence-corrected chi connectivity index (χ4v) is 0.764. The van der Waals surface area contributed by atoms with Gasteiger partial charge in [-0.15, -0.1) is 0 Å². The summed E-state index contributed by atoms with van der Waals surface area (Å²) < 4.78 is 47.1. The van der Waals surface area contributed by atoms with Crippen molar-refractivity contribution in [3.63, 3.8) is 0 Å². The first-order chi connectivity index (χ1) is 6.59. The van der Waals surface area contributed by atoms with Gasteiger partial charge in [0.05, 0.1) is 11.2 Å². The van der Waals surface area contributed by atoms with Gasteiger partial charge in [-0.1, -0.05) is 0 Å². The van der Waals surface area contributed by atoms with E-state index in [2.05, 4.69) is 25.7 Å². The molecule has 1 aromatic heterocycles. The highest BCUT2D eigenvalue weighted by atomic mass is 79.9. The van der Waals surface area contributed by atoms with Crippen molar-refractivity contribution in [2.24, 2.45) is 6.98 Å². The third-order valence-electron chi connectivity index (χ3n) is 0.735. The second kappa shape index (κ2) is 2.39. The Balaban J connectivity index is 3.08. The summed E-state index contributed by atoms with van der Waals surface area (Å²) in [4.78, 5) is 3.60. The van der Waals surface area contributed by atoms with Crippen molar-refractivity contribution in [1.82, 2.24) is 9.55 Å². The third-order valence-corrected chi connectivity index (χ3v) is 1.12. The molecule has 0 aromatic carbocycles. The predicted octanol–water partition coefficient (Wildman–Crippen LogP) is 1.19. The Morgan fingerprint density at radius 3 is 3.56 bits per heavy atom. The number of aryl methyl sites for hydroxylation is 1. The molecule has 9 heavy (non-hydrogen) atoms. The number of aromatic nitrogens is 2. The maximum atomic E-state index is 7.11. The molecule has 0 aliphatic rings. The van der Waals surface area contributed by atoms with Crippen molar-refractivity contribution in [3.8, 4) is 6.01 Å². The summed E-state index contributed by atoms with van der Waals surface area (Å²) in [6.45, 7) is -2.53. The molecule has 0 saturated heterocycles. The molecule has 50 valence electrons. The van der Waals surface area contributed by atoms with Gasteiger partial charge in [-0.2, -0.15) is 4.98 Å². The number of nitrogens with zero attached hydrogens (tertiary/aromatic N) is 2. The van der Waals surface area contributed by atoms with Crippen molar-refractivity contribution in [1.29, 1.82) is 0 Å². The summed E-state index contributed by atoms with van der Waals surface area (Å²) in [5, 5.41) is 0. The standard InChI is InChI=1S/C5H7BrN2O/c1-8-3-4(6)7-5(8)9-2/h3H,1-2H3/i1D3,2D3. The highest BCUT2D eigenvalue weighted by Gasteiger charge is 1.99. The highest BCUT2D eigenvalue weighted by Crippen LogP contribution is 2.12. The molecule has 0 fully saturated rings. The van der Waals surface area contributed by atoms with Gasteiger partial charge in [0.1, 0.15) is 4.60 Å². The fraction of sp³-hybridized carbons (Fsp3) is 0.400. The Bertz CT molecular complexity index is 355. The average Bonchev–Trinajstić information content (AvgIpc) is 2.25. The van der Waals surface area contributed by atoms with Crippen LogP contribution in [0.15, 0.2) is 10.8 Å². The van der Waals surface area contributed by atoms with Crippen LogP contribution in [-0.2, 0) is 6.98 Å². The molecule has 0 atom stereocenters. The lowest BCUT2D eigenvalue weighted by Crippen LogP contribution is -1.92. The van der Waals surface area contributed by atoms with E-state index < -0.39 is 20.0 Å². The average molecular weight is 197 g/mol. The number of halogens is 1. The third kappa shape index (κ3) is 1.24. The molecule has 0 unspecified atom stereocenters. The van der Waals surface area contributed by atoms with Gasteiger partial charge < -0.3 is 9.30 Å². The molecule has 1 rings (SSSR count). The fourth-order valence-electron chi connectivity index (χ4n) is 0.408. The van der Waals surface area contributed by atoms with E-state index in [9.17, 15) is 0 Å². The summed E-state index contributed by atoms with van der Waals surface area (Å²) in [5.74, 6) is 0. The van der Waals surface area contributed by atoms with Crippen LogP contribution in [0.1, 0.15) is 8.22 Å². The van der Waals surface area contributed by atoms with E-state index in [0.717, 1.165) is 6.20 Å². The zero-order valence-electron chi connectivity index (χ0n) is 10.3. The Morgan fingerprint density at radius 1 is 2.00 bits per heavy atom. The molecule has 0 bridgehead atoms. The molecular formula is C5H7BrN2O. The second-order valence-electron chi connectivity index (χ2n) is 1.32. The maximum absolute atomic E-state index is 7.11. The molecule has 3 nitrogen and oxygen atoms in total. The monoisotopic (exact) mass is 196 g/mol. The van der Waals surface area contributed by atoms with Gasteiger partial charge >= 0.3 is 0 Å². The molecule has 0 saturated carbocycles. The summed E-state index contributed by atoms with van der Waals surface area (Å²) in [5.41, 5.74) is 0. The number of hydrogen-bond acceptors (Lipinski definition) is 2. The zero-order valence-corrected chi connectivity index (χ0v) is 5.84. The van der Waals surface area contributed by atoms with Crippen LogP contribution < -0.4 is 4.74 Å². The van der Waals surface area contributed by atoms with Gasteiger partial charge in [0.15, 0.2) is 0 Å². The Kier molecular flexibility index (Phi) is 0.602. The van der Waals surface area contributed by atoms with E-state index in [1.807, 2.05) is 0 Å². The number of methoxy groups -OCH3 is 1. The predicted molar refractivity (Wildman–Crippen MR) is 37.5 cm³/mol. The van der Waals surface area contributed by atoms with Crippen LogP contribution in [0.25, 0.3) is 0 Å². The summed E-state index contributed by atoms with van der Waals surface area (Å²) in [6, 6.07) is -0.470. The van der Waals surface area contributed by atoms with Crippen LogP contribution in [-0.4, -0.2) is 16.6 Å². The molecule has 0 amide bonds. The zero-order chi connectivity index (χ0) is 11.9. The minimum Gasteiger partial charge on any atom is -0.468 e. The van der Waals surface area contributed by atoms with Crippen molar-refractivity contribution in [2.75, 3.05) is 7.04 Å². The normalized spacial score (nSPS) is 22.3. The molecule has 4 heteroatoms. The van der Waals surface area contributed by atoms with E-state index in [1.54, 1.807) is 0 Å². The Labute approximate surface area is 70.2 Å². The van der Waals surface area contributed by atoms with E-state index in [4.69, 9.17) is 8.22 Å². The first kappa shape index (κ1) is 2.27. The number of imidazole rings is 1. The Hall–Kier alpha value is -0.510. The molecule has 0 spiro atoms. The largest absolute Gasteiger partial charge is 0.468 e. The molecule has 0 aliphatic carbocycles. The molecule has 0 N–H and O–H groups in total. The highest BCUT2D eigenvalue weighted by molar-refractivity contribution is 9.10. The quantitative estimate of drug-likeness (QED) is 0.676. The second-order valence-corrected chi connectivity index (χ2v) is 2.13. The number of rotatable bonds is 1. The molecule has 1 heterocycles. The van der Waals surface area contributed by atoms with Gasteiger partial charge in [-0.25, -0.2) is 0 Å². The van der Waals surface area contributed by atoms with Gasteiger partial charge in [0, 0.05) is 17.3 Å². The Morgan fingerprint density at radius 2 is 2.89 bits per heavy atom. The van der Waals surface area contributed by atoms with Crippen LogP contribution in [0.2, 0.25) is 0 Å². The first-order valence-electron chi connectivity index (χ1n) is 5.04. The van der Waals surface area contributed by atoms with Crippen molar-refractivity contribution in [2.45, 2.75) is 0 Å². The van der Waals surface area contributed by atoms with E-state index in [0.29, 0.717) is 4.57 Å².